The molecule has 9 nitrogen and oxygen atoms in total. The number of hydrogen-bond acceptors (Lipinski definition) is 6. The SMILES string of the molecule is COc1ccc(S(=O)(=O)N(CC(=O)Nc2ccc(S(=O)(=O)Nc3ccccc3C)cc2)c2cccc(Cl)c2)cc1. The molecule has 0 saturated carbocycles. The summed E-state index contributed by atoms with van der Waals surface area (Å²) in [5.41, 5.74) is 1.71. The van der Waals surface area contributed by atoms with Gasteiger partial charge in [-0.2, -0.15) is 0 Å². The van der Waals surface area contributed by atoms with E-state index in [4.69, 9.17) is 16.3 Å². The molecule has 4 rings (SSSR count). The molecule has 4 aromatic carbocycles. The summed E-state index contributed by atoms with van der Waals surface area (Å²) in [5, 5.41) is 2.92. The molecule has 0 heterocycles. The molecule has 4 aromatic rings. The Morgan fingerprint density at radius 2 is 1.50 bits per heavy atom. The first-order valence-electron chi connectivity index (χ1n) is 11.9. The normalized spacial score (nSPS) is 11.5. The smallest absolute Gasteiger partial charge is 0.264 e. The molecule has 40 heavy (non-hydrogen) atoms. The summed E-state index contributed by atoms with van der Waals surface area (Å²) in [6, 6.07) is 24.4. The van der Waals surface area contributed by atoms with E-state index in [-0.39, 0.29) is 21.2 Å². The average Bonchev–Trinajstić information content (AvgIpc) is 2.93. The van der Waals surface area contributed by atoms with Crippen molar-refractivity contribution >= 4 is 54.6 Å². The molecule has 0 aromatic heterocycles. The molecule has 0 fully saturated rings. The molecule has 0 radical (unpaired) electrons. The zero-order chi connectivity index (χ0) is 28.9. The second kappa shape index (κ2) is 12.0. The molecular formula is C28H26ClN3O6S2. The number of sulfonamides is 2. The molecule has 0 atom stereocenters. The van der Waals surface area contributed by atoms with Crippen LogP contribution in [-0.2, 0) is 24.8 Å². The minimum atomic E-state index is -4.17. The molecule has 0 saturated heterocycles. The van der Waals surface area contributed by atoms with Gasteiger partial charge in [-0.25, -0.2) is 16.8 Å². The molecule has 208 valence electrons. The third-order valence-electron chi connectivity index (χ3n) is 5.87. The summed E-state index contributed by atoms with van der Waals surface area (Å²) in [5.74, 6) is -0.170. The zero-order valence-corrected chi connectivity index (χ0v) is 23.9. The van der Waals surface area contributed by atoms with Gasteiger partial charge >= 0.3 is 0 Å². The van der Waals surface area contributed by atoms with Crippen LogP contribution < -0.4 is 19.1 Å². The van der Waals surface area contributed by atoms with Crippen LogP contribution in [0.25, 0.3) is 0 Å². The van der Waals surface area contributed by atoms with E-state index in [1.54, 1.807) is 43.3 Å². The summed E-state index contributed by atoms with van der Waals surface area (Å²) in [6.07, 6.45) is 0. The highest BCUT2D eigenvalue weighted by atomic mass is 35.5. The maximum Gasteiger partial charge on any atom is 0.264 e. The number of benzene rings is 4. The van der Waals surface area contributed by atoms with Crippen molar-refractivity contribution in [2.24, 2.45) is 0 Å². The number of hydrogen-bond donors (Lipinski definition) is 2. The lowest BCUT2D eigenvalue weighted by Gasteiger charge is -2.24. The van der Waals surface area contributed by atoms with Crippen molar-refractivity contribution in [1.29, 1.82) is 0 Å². The Balaban J connectivity index is 1.54. The van der Waals surface area contributed by atoms with Gasteiger partial charge in [0.15, 0.2) is 0 Å². The van der Waals surface area contributed by atoms with Crippen LogP contribution in [0, 0.1) is 6.92 Å². The number of para-hydroxylation sites is 1. The van der Waals surface area contributed by atoms with Gasteiger partial charge in [0, 0.05) is 10.7 Å². The van der Waals surface area contributed by atoms with E-state index >= 15 is 0 Å². The van der Waals surface area contributed by atoms with Crippen molar-refractivity contribution in [2.75, 3.05) is 28.0 Å². The monoisotopic (exact) mass is 599 g/mol. The topological polar surface area (TPSA) is 122 Å². The number of methoxy groups -OCH3 is 1. The standard InChI is InChI=1S/C28H26ClN3O6S2/c1-20-6-3-4-9-27(20)31-39(34,35)25-14-10-22(11-15-25)30-28(33)19-32(23-8-5-7-21(29)18-23)40(36,37)26-16-12-24(38-2)13-17-26/h3-18,31H,19H2,1-2H3,(H,30,33). The van der Waals surface area contributed by atoms with E-state index in [1.807, 2.05) is 0 Å². The Kier molecular flexibility index (Phi) is 8.67. The number of carbonyl (C=O) groups excluding carboxylic acids is 1. The maximum atomic E-state index is 13.5. The summed E-state index contributed by atoms with van der Waals surface area (Å²) >= 11 is 6.11. The largest absolute Gasteiger partial charge is 0.497 e. The molecule has 0 bridgehead atoms. The van der Waals surface area contributed by atoms with Gasteiger partial charge in [-0.05, 0) is 85.3 Å². The van der Waals surface area contributed by atoms with Crippen LogP contribution in [0.4, 0.5) is 17.1 Å². The summed E-state index contributed by atoms with van der Waals surface area (Å²) < 4.78 is 61.3. The maximum absolute atomic E-state index is 13.5. The molecule has 0 unspecified atom stereocenters. The van der Waals surface area contributed by atoms with Crippen LogP contribution in [0.2, 0.25) is 5.02 Å². The Labute approximate surface area is 238 Å². The number of nitrogens with zero attached hydrogens (tertiary/aromatic N) is 1. The van der Waals surface area contributed by atoms with Crippen LogP contribution in [0.5, 0.6) is 5.75 Å². The third-order valence-corrected chi connectivity index (χ3v) is 9.27. The van der Waals surface area contributed by atoms with Crippen molar-refractivity contribution in [1.82, 2.24) is 0 Å². The molecule has 0 aliphatic carbocycles. The lowest BCUT2D eigenvalue weighted by Crippen LogP contribution is -2.38. The van der Waals surface area contributed by atoms with Crippen molar-refractivity contribution in [3.63, 3.8) is 0 Å². The van der Waals surface area contributed by atoms with Crippen molar-refractivity contribution in [3.8, 4) is 5.75 Å². The minimum absolute atomic E-state index is 0.00334. The van der Waals surface area contributed by atoms with Crippen molar-refractivity contribution in [3.05, 3.63) is 108 Å². The fourth-order valence-corrected chi connectivity index (χ4v) is 6.49. The van der Waals surface area contributed by atoms with Gasteiger partial charge in [-0.15, -0.1) is 0 Å². The molecule has 0 spiro atoms. The van der Waals surface area contributed by atoms with Crippen LogP contribution in [0.1, 0.15) is 5.56 Å². The highest BCUT2D eigenvalue weighted by Crippen LogP contribution is 2.27. The lowest BCUT2D eigenvalue weighted by atomic mass is 10.2. The van der Waals surface area contributed by atoms with Crippen LogP contribution >= 0.6 is 11.6 Å². The number of halogens is 1. The quantitative estimate of drug-likeness (QED) is 0.255. The first kappa shape index (κ1) is 28.9. The lowest BCUT2D eigenvalue weighted by molar-refractivity contribution is -0.114. The Morgan fingerprint density at radius 3 is 2.12 bits per heavy atom. The summed E-state index contributed by atoms with van der Waals surface area (Å²) in [6.45, 7) is 1.22. The second-order valence-electron chi connectivity index (χ2n) is 8.66. The molecule has 0 aliphatic heterocycles. The fourth-order valence-electron chi connectivity index (χ4n) is 3.76. The van der Waals surface area contributed by atoms with Gasteiger partial charge in [0.25, 0.3) is 20.0 Å². The number of carbonyl (C=O) groups is 1. The van der Waals surface area contributed by atoms with Gasteiger partial charge in [0.1, 0.15) is 12.3 Å². The van der Waals surface area contributed by atoms with Crippen molar-refractivity contribution < 1.29 is 26.4 Å². The highest BCUT2D eigenvalue weighted by molar-refractivity contribution is 7.93. The van der Waals surface area contributed by atoms with Gasteiger partial charge in [0.2, 0.25) is 5.91 Å². The molecule has 2 N–H and O–H groups in total. The molecule has 0 aliphatic rings. The van der Waals surface area contributed by atoms with E-state index in [0.29, 0.717) is 16.5 Å². The van der Waals surface area contributed by atoms with E-state index in [0.717, 1.165) is 9.87 Å². The van der Waals surface area contributed by atoms with E-state index < -0.39 is 32.5 Å². The number of anilines is 3. The molecule has 1 amide bonds. The first-order chi connectivity index (χ1) is 19.0. The number of rotatable bonds is 10. The van der Waals surface area contributed by atoms with Gasteiger partial charge < -0.3 is 10.1 Å². The number of nitrogens with one attached hydrogen (secondary N) is 2. The van der Waals surface area contributed by atoms with Crippen molar-refractivity contribution in [2.45, 2.75) is 16.7 Å². The Bertz CT molecular complexity index is 1730. The van der Waals surface area contributed by atoms with Crippen LogP contribution in [0.15, 0.2) is 107 Å². The zero-order valence-electron chi connectivity index (χ0n) is 21.5. The molecule has 12 heteroatoms. The minimum Gasteiger partial charge on any atom is -0.497 e. The van der Waals surface area contributed by atoms with Gasteiger partial charge in [-0.1, -0.05) is 35.9 Å². The van der Waals surface area contributed by atoms with Crippen LogP contribution in [0.3, 0.4) is 0 Å². The average molecular weight is 600 g/mol. The Hall–Kier alpha value is -4.06. The predicted molar refractivity (Wildman–Crippen MR) is 156 cm³/mol. The van der Waals surface area contributed by atoms with E-state index in [1.165, 1.54) is 67.8 Å². The van der Waals surface area contributed by atoms with Crippen LogP contribution in [-0.4, -0.2) is 36.4 Å². The number of amides is 1. The first-order valence-corrected chi connectivity index (χ1v) is 15.2. The Morgan fingerprint density at radius 1 is 0.850 bits per heavy atom. The van der Waals surface area contributed by atoms with Gasteiger partial charge in [-0.3, -0.25) is 13.8 Å². The number of ether oxygens (including phenoxy) is 1. The van der Waals surface area contributed by atoms with E-state index in [2.05, 4.69) is 10.0 Å². The van der Waals surface area contributed by atoms with Gasteiger partial charge in [0.05, 0.1) is 28.3 Å². The number of aryl methyl sites for hydroxylation is 1. The second-order valence-corrected chi connectivity index (χ2v) is 12.6. The highest BCUT2D eigenvalue weighted by Gasteiger charge is 2.28. The predicted octanol–water partition coefficient (Wildman–Crippen LogP) is 5.29. The van der Waals surface area contributed by atoms with E-state index in [9.17, 15) is 21.6 Å². The molecular weight excluding hydrogens is 574 g/mol. The summed E-state index contributed by atoms with van der Waals surface area (Å²) in [4.78, 5) is 13.0. The third kappa shape index (κ3) is 6.74. The fraction of sp³-hybridized carbons (Fsp3) is 0.107. The summed E-state index contributed by atoms with van der Waals surface area (Å²) in [7, 11) is -6.57.